The maximum absolute atomic E-state index is 12.5. The van der Waals surface area contributed by atoms with Crippen molar-refractivity contribution in [1.29, 1.82) is 0 Å². The number of halogens is 1. The molecule has 156 valence electrons. The van der Waals surface area contributed by atoms with E-state index in [0.717, 1.165) is 6.07 Å². The molecule has 9 heteroatoms. The molecule has 8 nitrogen and oxygen atoms in total. The van der Waals surface area contributed by atoms with E-state index >= 15 is 0 Å². The highest BCUT2D eigenvalue weighted by Crippen LogP contribution is 2.32. The van der Waals surface area contributed by atoms with Crippen LogP contribution in [0.3, 0.4) is 0 Å². The van der Waals surface area contributed by atoms with E-state index in [0.29, 0.717) is 16.1 Å². The molecular formula is C21H18ClNO7. The predicted molar refractivity (Wildman–Crippen MR) is 109 cm³/mol. The fourth-order valence-electron chi connectivity index (χ4n) is 3.18. The number of hydrogen-bond donors (Lipinski definition) is 4. The Kier molecular flexibility index (Phi) is 5.98. The number of amides is 1. The third-order valence-corrected chi connectivity index (χ3v) is 4.92. The van der Waals surface area contributed by atoms with E-state index in [2.05, 4.69) is 5.32 Å². The van der Waals surface area contributed by atoms with Gasteiger partial charge in [0.1, 0.15) is 23.1 Å². The number of carboxylic acids is 1. The van der Waals surface area contributed by atoms with Gasteiger partial charge >= 0.3 is 11.6 Å². The molecule has 3 aromatic rings. The Morgan fingerprint density at radius 1 is 1.17 bits per heavy atom. The van der Waals surface area contributed by atoms with Crippen LogP contribution in [0.5, 0.6) is 11.5 Å². The summed E-state index contributed by atoms with van der Waals surface area (Å²) in [5, 5.41) is 32.2. The maximum Gasteiger partial charge on any atom is 0.340 e. The molecule has 0 saturated heterocycles. The van der Waals surface area contributed by atoms with Crippen molar-refractivity contribution in [3.63, 3.8) is 0 Å². The van der Waals surface area contributed by atoms with Crippen molar-refractivity contribution in [2.45, 2.75) is 25.8 Å². The molecule has 3 rings (SSSR count). The molecule has 0 saturated carbocycles. The van der Waals surface area contributed by atoms with Crippen molar-refractivity contribution in [3.05, 3.63) is 68.5 Å². The Hall–Kier alpha value is -3.52. The smallest absolute Gasteiger partial charge is 0.340 e. The lowest BCUT2D eigenvalue weighted by Gasteiger charge is -2.15. The molecule has 1 heterocycles. The molecule has 0 spiro atoms. The number of phenols is 2. The van der Waals surface area contributed by atoms with Gasteiger partial charge in [0, 0.05) is 23.6 Å². The molecule has 0 aliphatic carbocycles. The Balaban J connectivity index is 1.83. The monoisotopic (exact) mass is 431 g/mol. The minimum absolute atomic E-state index is 0.0170. The standard InChI is InChI=1S/C21H18ClNO7/c1-10-14(21(29)30-17-8-13(24)7-16(25)19(10)17)9-18(26)23-15(20(27)28)6-11-2-4-12(22)5-3-11/h2-5,7-8,15,24-25H,6,9H2,1H3,(H,23,26)(H,27,28). The number of nitrogens with one attached hydrogen (secondary N) is 1. The van der Waals surface area contributed by atoms with E-state index in [1.54, 1.807) is 24.3 Å². The van der Waals surface area contributed by atoms with E-state index < -0.39 is 30.0 Å². The van der Waals surface area contributed by atoms with Gasteiger partial charge in [-0.15, -0.1) is 0 Å². The van der Waals surface area contributed by atoms with E-state index in [4.69, 9.17) is 16.0 Å². The summed E-state index contributed by atoms with van der Waals surface area (Å²) in [6.07, 6.45) is -0.404. The quantitative estimate of drug-likeness (QED) is 0.440. The van der Waals surface area contributed by atoms with Gasteiger partial charge in [0.15, 0.2) is 0 Å². The highest BCUT2D eigenvalue weighted by atomic mass is 35.5. The van der Waals surface area contributed by atoms with Crippen LogP contribution in [0.25, 0.3) is 11.0 Å². The first-order valence-corrected chi connectivity index (χ1v) is 9.28. The normalized spacial score (nSPS) is 11.9. The van der Waals surface area contributed by atoms with E-state index in [9.17, 15) is 29.7 Å². The lowest BCUT2D eigenvalue weighted by Crippen LogP contribution is -2.43. The predicted octanol–water partition coefficient (Wildman–Crippen LogP) is 2.52. The van der Waals surface area contributed by atoms with Crippen LogP contribution in [0.2, 0.25) is 5.02 Å². The molecule has 0 fully saturated rings. The zero-order valence-corrected chi connectivity index (χ0v) is 16.6. The number of benzene rings is 2. The van der Waals surface area contributed by atoms with Crippen molar-refractivity contribution in [2.24, 2.45) is 0 Å². The summed E-state index contributed by atoms with van der Waals surface area (Å²) in [5.74, 6) is -2.50. The van der Waals surface area contributed by atoms with Crippen LogP contribution >= 0.6 is 11.6 Å². The van der Waals surface area contributed by atoms with Crippen molar-refractivity contribution >= 4 is 34.4 Å². The van der Waals surface area contributed by atoms with Crippen molar-refractivity contribution in [2.75, 3.05) is 0 Å². The van der Waals surface area contributed by atoms with Gasteiger partial charge in [-0.1, -0.05) is 23.7 Å². The second-order valence-corrected chi connectivity index (χ2v) is 7.23. The average Bonchev–Trinajstić information content (AvgIpc) is 2.65. The molecule has 0 radical (unpaired) electrons. The van der Waals surface area contributed by atoms with Crippen LogP contribution in [0, 0.1) is 6.92 Å². The Labute approximate surface area is 175 Å². The number of hydrogen-bond acceptors (Lipinski definition) is 6. The highest BCUT2D eigenvalue weighted by molar-refractivity contribution is 6.30. The van der Waals surface area contributed by atoms with Crippen molar-refractivity contribution in [3.8, 4) is 11.5 Å². The fourth-order valence-corrected chi connectivity index (χ4v) is 3.30. The number of carbonyl (C=O) groups excluding carboxylic acids is 1. The number of aliphatic carboxylic acids is 1. The molecule has 0 aliphatic heterocycles. The van der Waals surface area contributed by atoms with E-state index in [1.807, 2.05) is 0 Å². The van der Waals surface area contributed by atoms with Gasteiger partial charge in [0.05, 0.1) is 17.4 Å². The largest absolute Gasteiger partial charge is 0.508 e. The van der Waals surface area contributed by atoms with E-state index in [-0.39, 0.29) is 34.5 Å². The number of carbonyl (C=O) groups is 2. The molecule has 1 aromatic heterocycles. The average molecular weight is 432 g/mol. The third kappa shape index (κ3) is 4.55. The van der Waals surface area contributed by atoms with Gasteiger partial charge in [-0.2, -0.15) is 0 Å². The molecule has 1 unspecified atom stereocenters. The van der Waals surface area contributed by atoms with Crippen LogP contribution in [0.4, 0.5) is 0 Å². The Bertz CT molecular complexity index is 1180. The third-order valence-electron chi connectivity index (χ3n) is 4.67. The summed E-state index contributed by atoms with van der Waals surface area (Å²) in [6.45, 7) is 1.53. The van der Waals surface area contributed by atoms with Gasteiger partial charge in [-0.3, -0.25) is 4.79 Å². The summed E-state index contributed by atoms with van der Waals surface area (Å²) in [7, 11) is 0. The van der Waals surface area contributed by atoms with Gasteiger partial charge in [0.2, 0.25) is 5.91 Å². The van der Waals surface area contributed by atoms with Crippen LogP contribution in [-0.2, 0) is 22.4 Å². The minimum Gasteiger partial charge on any atom is -0.508 e. The molecule has 1 atom stereocenters. The number of carboxylic acid groups (broad SMARTS) is 1. The maximum atomic E-state index is 12.5. The fraction of sp³-hybridized carbons (Fsp3) is 0.190. The molecule has 30 heavy (non-hydrogen) atoms. The number of aromatic hydroxyl groups is 2. The Morgan fingerprint density at radius 2 is 1.83 bits per heavy atom. The first kappa shape index (κ1) is 21.2. The summed E-state index contributed by atoms with van der Waals surface area (Å²) >= 11 is 5.82. The first-order chi connectivity index (χ1) is 14.2. The van der Waals surface area contributed by atoms with E-state index in [1.165, 1.54) is 13.0 Å². The zero-order valence-electron chi connectivity index (χ0n) is 15.8. The number of phenolic OH excluding ortho intramolecular Hbond substituents is 2. The van der Waals surface area contributed by atoms with Gasteiger partial charge in [-0.25, -0.2) is 9.59 Å². The van der Waals surface area contributed by atoms with Gasteiger partial charge in [-0.05, 0) is 30.2 Å². The second-order valence-electron chi connectivity index (χ2n) is 6.80. The van der Waals surface area contributed by atoms with Crippen molar-refractivity contribution < 1.29 is 29.3 Å². The van der Waals surface area contributed by atoms with Gasteiger partial charge < -0.3 is 25.1 Å². The molecular weight excluding hydrogens is 414 g/mol. The number of aryl methyl sites for hydroxylation is 1. The van der Waals surface area contributed by atoms with Crippen LogP contribution in [-0.4, -0.2) is 33.2 Å². The van der Waals surface area contributed by atoms with Crippen LogP contribution in [0.15, 0.2) is 45.6 Å². The molecule has 4 N–H and O–H groups in total. The lowest BCUT2D eigenvalue weighted by molar-refractivity contribution is -0.141. The van der Waals surface area contributed by atoms with Gasteiger partial charge in [0.25, 0.3) is 0 Å². The topological polar surface area (TPSA) is 137 Å². The molecule has 1 amide bonds. The highest BCUT2D eigenvalue weighted by Gasteiger charge is 2.23. The molecule has 2 aromatic carbocycles. The van der Waals surface area contributed by atoms with Crippen LogP contribution in [0.1, 0.15) is 16.7 Å². The molecule has 0 aliphatic rings. The number of rotatable bonds is 6. The Morgan fingerprint density at radius 3 is 2.47 bits per heavy atom. The van der Waals surface area contributed by atoms with Crippen molar-refractivity contribution in [1.82, 2.24) is 5.32 Å². The van der Waals surface area contributed by atoms with Crippen LogP contribution < -0.4 is 10.9 Å². The minimum atomic E-state index is -1.23. The summed E-state index contributed by atoms with van der Waals surface area (Å²) in [4.78, 5) is 36.4. The molecule has 0 bridgehead atoms. The first-order valence-electron chi connectivity index (χ1n) is 8.90. The SMILES string of the molecule is Cc1c(CC(=O)NC(Cc2ccc(Cl)cc2)C(=O)O)c(=O)oc2cc(O)cc(O)c12. The second kappa shape index (κ2) is 8.46. The number of fused-ring (bicyclic) bond motifs is 1. The summed E-state index contributed by atoms with van der Waals surface area (Å²) in [5.41, 5.74) is 0.114. The summed E-state index contributed by atoms with van der Waals surface area (Å²) in [6, 6.07) is 7.61. The summed E-state index contributed by atoms with van der Waals surface area (Å²) < 4.78 is 5.11. The lowest BCUT2D eigenvalue weighted by atomic mass is 10.0. The zero-order chi connectivity index (χ0) is 22.0.